The van der Waals surface area contributed by atoms with Crippen molar-refractivity contribution in [3.8, 4) is 0 Å². The third-order valence-electron chi connectivity index (χ3n) is 3.29. The summed E-state index contributed by atoms with van der Waals surface area (Å²) in [7, 11) is 0. The van der Waals surface area contributed by atoms with Gasteiger partial charge in [0.1, 0.15) is 6.17 Å². The van der Waals surface area contributed by atoms with Crippen LogP contribution in [-0.2, 0) is 9.53 Å². The van der Waals surface area contributed by atoms with Crippen molar-refractivity contribution in [1.29, 1.82) is 0 Å². The van der Waals surface area contributed by atoms with Gasteiger partial charge in [-0.1, -0.05) is 12.1 Å². The SMILES string of the molecule is CSc1ccc(C2NCC(=O)N2CCOC(C)C)cc1. The Morgan fingerprint density at radius 3 is 2.70 bits per heavy atom. The van der Waals surface area contributed by atoms with Crippen LogP contribution in [0.2, 0.25) is 0 Å². The predicted molar refractivity (Wildman–Crippen MR) is 81.8 cm³/mol. The Morgan fingerprint density at radius 2 is 2.10 bits per heavy atom. The minimum Gasteiger partial charge on any atom is -0.377 e. The number of benzene rings is 1. The smallest absolute Gasteiger partial charge is 0.238 e. The second kappa shape index (κ2) is 7.11. The first-order chi connectivity index (χ1) is 9.61. The van der Waals surface area contributed by atoms with E-state index in [1.165, 1.54) is 4.90 Å². The Bertz CT molecular complexity index is 448. The topological polar surface area (TPSA) is 41.6 Å². The van der Waals surface area contributed by atoms with E-state index in [-0.39, 0.29) is 18.2 Å². The third kappa shape index (κ3) is 3.75. The van der Waals surface area contributed by atoms with Crippen LogP contribution in [0.5, 0.6) is 0 Å². The summed E-state index contributed by atoms with van der Waals surface area (Å²) in [6.07, 6.45) is 2.22. The lowest BCUT2D eigenvalue weighted by Gasteiger charge is -2.25. The fourth-order valence-electron chi connectivity index (χ4n) is 2.26. The lowest BCUT2D eigenvalue weighted by molar-refractivity contribution is -0.129. The van der Waals surface area contributed by atoms with Crippen molar-refractivity contribution < 1.29 is 9.53 Å². The Hall–Kier alpha value is -1.04. The molecular weight excluding hydrogens is 272 g/mol. The van der Waals surface area contributed by atoms with Crippen LogP contribution in [0.15, 0.2) is 29.2 Å². The van der Waals surface area contributed by atoms with Crippen LogP contribution in [0.1, 0.15) is 25.6 Å². The molecule has 0 spiro atoms. The van der Waals surface area contributed by atoms with Gasteiger partial charge >= 0.3 is 0 Å². The summed E-state index contributed by atoms with van der Waals surface area (Å²) in [6, 6.07) is 8.34. The van der Waals surface area contributed by atoms with E-state index in [0.717, 1.165) is 5.56 Å². The average Bonchev–Trinajstić information content (AvgIpc) is 2.80. The second-order valence-corrected chi connectivity index (χ2v) is 5.94. The van der Waals surface area contributed by atoms with Crippen molar-refractivity contribution in [3.63, 3.8) is 0 Å². The zero-order chi connectivity index (χ0) is 14.5. The number of hydrogen-bond donors (Lipinski definition) is 1. The van der Waals surface area contributed by atoms with Gasteiger partial charge in [0, 0.05) is 11.4 Å². The molecule has 5 heteroatoms. The first kappa shape index (κ1) is 15.4. The van der Waals surface area contributed by atoms with Gasteiger partial charge in [0.05, 0.1) is 19.3 Å². The minimum atomic E-state index is -0.0332. The van der Waals surface area contributed by atoms with Crippen molar-refractivity contribution in [1.82, 2.24) is 10.2 Å². The molecule has 1 saturated heterocycles. The van der Waals surface area contributed by atoms with Gasteiger partial charge in [-0.2, -0.15) is 0 Å². The summed E-state index contributed by atoms with van der Waals surface area (Å²) < 4.78 is 5.55. The number of nitrogens with zero attached hydrogens (tertiary/aromatic N) is 1. The minimum absolute atomic E-state index is 0.0332. The number of carbonyl (C=O) groups excluding carboxylic acids is 1. The molecule has 1 heterocycles. The van der Waals surface area contributed by atoms with Crippen LogP contribution >= 0.6 is 11.8 Å². The second-order valence-electron chi connectivity index (χ2n) is 5.06. The fourth-order valence-corrected chi connectivity index (χ4v) is 2.67. The first-order valence-electron chi connectivity index (χ1n) is 6.90. The molecule has 1 aliphatic rings. The molecule has 1 fully saturated rings. The zero-order valence-electron chi connectivity index (χ0n) is 12.3. The summed E-state index contributed by atoms with van der Waals surface area (Å²) in [5.74, 6) is 0.135. The quantitative estimate of drug-likeness (QED) is 0.817. The van der Waals surface area contributed by atoms with Crippen molar-refractivity contribution in [2.24, 2.45) is 0 Å². The van der Waals surface area contributed by atoms with Crippen LogP contribution in [0, 0.1) is 0 Å². The fraction of sp³-hybridized carbons (Fsp3) is 0.533. The Morgan fingerprint density at radius 1 is 1.40 bits per heavy atom. The largest absolute Gasteiger partial charge is 0.377 e. The van der Waals surface area contributed by atoms with Crippen molar-refractivity contribution in [2.75, 3.05) is 26.0 Å². The molecule has 20 heavy (non-hydrogen) atoms. The highest BCUT2D eigenvalue weighted by atomic mass is 32.2. The number of hydrogen-bond acceptors (Lipinski definition) is 4. The van der Waals surface area contributed by atoms with Gasteiger partial charge in [0.25, 0.3) is 0 Å². The molecule has 0 aromatic heterocycles. The molecule has 1 aromatic carbocycles. The van der Waals surface area contributed by atoms with E-state index >= 15 is 0 Å². The van der Waals surface area contributed by atoms with Crippen molar-refractivity contribution in [2.45, 2.75) is 31.0 Å². The summed E-state index contributed by atoms with van der Waals surface area (Å²) in [6.45, 7) is 5.60. The van der Waals surface area contributed by atoms with Crippen molar-refractivity contribution in [3.05, 3.63) is 29.8 Å². The molecule has 0 saturated carbocycles. The molecule has 4 nitrogen and oxygen atoms in total. The monoisotopic (exact) mass is 294 g/mol. The maximum absolute atomic E-state index is 12.0. The highest BCUT2D eigenvalue weighted by molar-refractivity contribution is 7.98. The van der Waals surface area contributed by atoms with E-state index in [0.29, 0.717) is 19.7 Å². The molecule has 1 N–H and O–H groups in total. The molecule has 0 bridgehead atoms. The average molecular weight is 294 g/mol. The first-order valence-corrected chi connectivity index (χ1v) is 8.12. The number of thioether (sulfide) groups is 1. The lowest BCUT2D eigenvalue weighted by Crippen LogP contribution is -2.33. The third-order valence-corrected chi connectivity index (χ3v) is 4.04. The molecule has 0 aliphatic carbocycles. The highest BCUT2D eigenvalue weighted by Gasteiger charge is 2.31. The standard InChI is InChI=1S/C15H22N2O2S/c1-11(2)19-9-8-17-14(18)10-16-15(17)12-4-6-13(20-3)7-5-12/h4-7,11,15-16H,8-10H2,1-3H3. The van der Waals surface area contributed by atoms with Crippen LogP contribution in [-0.4, -0.2) is 42.9 Å². The van der Waals surface area contributed by atoms with Gasteiger partial charge in [-0.05, 0) is 37.8 Å². The van der Waals surface area contributed by atoms with Gasteiger partial charge < -0.3 is 9.64 Å². The molecule has 1 amide bonds. The molecule has 1 aromatic rings. The Balaban J connectivity index is 2.02. The lowest BCUT2D eigenvalue weighted by atomic mass is 10.1. The maximum Gasteiger partial charge on any atom is 0.238 e. The molecule has 2 rings (SSSR count). The number of ether oxygens (including phenoxy) is 1. The van der Waals surface area contributed by atoms with E-state index in [9.17, 15) is 4.79 Å². The number of rotatable bonds is 6. The zero-order valence-corrected chi connectivity index (χ0v) is 13.1. The Labute approximate surface area is 124 Å². The highest BCUT2D eigenvalue weighted by Crippen LogP contribution is 2.24. The molecule has 1 aliphatic heterocycles. The predicted octanol–water partition coefficient (Wildman–Crippen LogP) is 2.26. The van der Waals surface area contributed by atoms with Crippen LogP contribution in [0.3, 0.4) is 0 Å². The van der Waals surface area contributed by atoms with Gasteiger partial charge in [-0.15, -0.1) is 11.8 Å². The normalized spacial score (nSPS) is 19.1. The number of amides is 1. The Kier molecular flexibility index (Phi) is 5.46. The van der Waals surface area contributed by atoms with Gasteiger partial charge in [0.15, 0.2) is 0 Å². The van der Waals surface area contributed by atoms with Crippen LogP contribution in [0.4, 0.5) is 0 Å². The van der Waals surface area contributed by atoms with Crippen molar-refractivity contribution >= 4 is 17.7 Å². The summed E-state index contributed by atoms with van der Waals surface area (Å²) in [4.78, 5) is 15.0. The molecule has 1 unspecified atom stereocenters. The van der Waals surface area contributed by atoms with Crippen LogP contribution < -0.4 is 5.32 Å². The van der Waals surface area contributed by atoms with Gasteiger partial charge in [0.2, 0.25) is 5.91 Å². The van der Waals surface area contributed by atoms with Gasteiger partial charge in [-0.3, -0.25) is 10.1 Å². The number of nitrogens with one attached hydrogen (secondary N) is 1. The van der Waals surface area contributed by atoms with Crippen LogP contribution in [0.25, 0.3) is 0 Å². The van der Waals surface area contributed by atoms with E-state index in [1.807, 2.05) is 18.7 Å². The van der Waals surface area contributed by atoms with E-state index in [2.05, 4.69) is 35.8 Å². The number of carbonyl (C=O) groups is 1. The summed E-state index contributed by atoms with van der Waals surface area (Å²) >= 11 is 1.72. The van der Waals surface area contributed by atoms with E-state index < -0.39 is 0 Å². The van der Waals surface area contributed by atoms with E-state index in [4.69, 9.17) is 4.74 Å². The molecular formula is C15H22N2O2S. The summed E-state index contributed by atoms with van der Waals surface area (Å²) in [5, 5.41) is 3.26. The molecule has 110 valence electrons. The summed E-state index contributed by atoms with van der Waals surface area (Å²) in [5.41, 5.74) is 1.12. The maximum atomic E-state index is 12.0. The molecule has 0 radical (unpaired) electrons. The van der Waals surface area contributed by atoms with E-state index in [1.54, 1.807) is 11.8 Å². The molecule has 1 atom stereocenters. The van der Waals surface area contributed by atoms with Gasteiger partial charge in [-0.25, -0.2) is 0 Å².